The molecule has 0 aliphatic rings. The van der Waals surface area contributed by atoms with Crippen LogP contribution in [0.5, 0.6) is 0 Å². The minimum absolute atomic E-state index is 1.15. The predicted molar refractivity (Wildman–Crippen MR) is 640 cm³/mol. The van der Waals surface area contributed by atoms with Crippen molar-refractivity contribution in [3.05, 3.63) is 479 Å². The minimum Gasteiger partial charge on any atom is -0.309 e. The van der Waals surface area contributed by atoms with Crippen LogP contribution in [0.1, 0.15) is 0 Å². The molecule has 147 heavy (non-hydrogen) atoms. The second-order valence-electron chi connectivity index (χ2n) is 39.2. The van der Waals surface area contributed by atoms with Crippen molar-refractivity contribution in [3.8, 4) is 28.4 Å². The van der Waals surface area contributed by atoms with Crippen molar-refractivity contribution < 1.29 is 0 Å². The molecule has 0 spiro atoms. The summed E-state index contributed by atoms with van der Waals surface area (Å²) in [7, 11) is 0. The molecular weight excluding hydrogens is 1860 g/mol. The quantitative estimate of drug-likeness (QED) is 0.153. The van der Waals surface area contributed by atoms with Crippen molar-refractivity contribution in [2.24, 2.45) is 0 Å². The molecule has 9 aromatic heterocycles. The average molecular weight is 1940 g/mol. The second-order valence-corrected chi connectivity index (χ2v) is 43.5. The lowest BCUT2D eigenvalue weighted by molar-refractivity contribution is 1.14. The summed E-state index contributed by atoms with van der Waals surface area (Å²) in [6.07, 6.45) is 0. The summed E-state index contributed by atoms with van der Waals surface area (Å²) in [5, 5.41) is 47.5. The fourth-order valence-electron chi connectivity index (χ4n) is 26.1. The van der Waals surface area contributed by atoms with Gasteiger partial charge in [-0.2, -0.15) is 0 Å². The SMILES string of the molecule is c1cc(-n2c3ccccc3c3ccccc32)cc(-n2c3ccccc3c3c4c5ccccc5c5ccccc5c4c4c5ccccc5sc4c32)c1.c1ccc2c(c1)sc1c2c2c3ccccc3c3ccccc3c2c2c3ccccc3n(-c3ccc(-n4c5ccccc5c5ccccc54)cc3)c12.c1ccc2c(c1)sc1ccc(-n3c4ccccc4c4c5c6ccccc6c6ccccc6c5c5c6ccccc6sc5c43)cc12. The maximum atomic E-state index is 2.55. The highest BCUT2D eigenvalue weighted by Gasteiger charge is 2.31. The van der Waals surface area contributed by atoms with Crippen LogP contribution in [0.15, 0.2) is 479 Å². The van der Waals surface area contributed by atoms with Crippen LogP contribution in [-0.2, 0) is 0 Å². The maximum absolute atomic E-state index is 2.55. The van der Waals surface area contributed by atoms with Crippen LogP contribution in [0.3, 0.4) is 0 Å². The topological polar surface area (TPSA) is 24.6 Å². The smallest absolute Gasteiger partial charge is 0.0726 e. The van der Waals surface area contributed by atoms with Gasteiger partial charge in [-0.15, -0.1) is 45.3 Å². The van der Waals surface area contributed by atoms with Crippen LogP contribution >= 0.6 is 45.3 Å². The van der Waals surface area contributed by atoms with Crippen molar-refractivity contribution in [3.63, 3.8) is 0 Å². The van der Waals surface area contributed by atoms with E-state index < -0.39 is 0 Å². The molecule has 0 radical (unpaired) electrons. The van der Waals surface area contributed by atoms with E-state index in [0.717, 1.165) is 22.7 Å². The zero-order valence-electron chi connectivity index (χ0n) is 79.0. The van der Waals surface area contributed by atoms with Gasteiger partial charge in [0.2, 0.25) is 0 Å². The standard InChI is InChI=1S/2C48H28N2S.C42H23NS2/c1-3-20-35-31(16-1)32-17-2-4-21-36(32)44-43(35)45-37-22-7-11-26-41(37)50(47(45)48-46(44)38-23-8-12-27-42(38)51-48)30-15-13-14-29(28-30)49-39-24-9-5-18-33(39)34-19-6-10-25-40(34)49;1-3-17-35-31(13-1)32-14-2-4-18-36(32)44-43(35)45-37-19-7-11-23-41(37)50(47(45)48-46(44)38-20-8-12-24-42(38)51-48)30-27-25-29(26-28-30)49-39-21-9-5-15-33(39)34-16-6-10-22-40(34)49;1-3-14-28-25(11-1)26-12-2-4-15-29(26)38-37(28)39-30-16-5-8-18-33(30)43(41(39)42-40(38)31-17-7-10-20-35(31)45-42)24-21-22-36-32(23-24)27-13-6-9-19-34(27)44-36/h2*1-28H;1-23H. The summed E-state index contributed by atoms with van der Waals surface area (Å²) in [6, 6.07) is 177. The molecule has 0 saturated heterocycles. The Labute approximate surface area is 855 Å². The molecule has 9 heterocycles. The molecule has 0 aliphatic carbocycles. The van der Waals surface area contributed by atoms with Crippen molar-refractivity contribution in [2.45, 2.75) is 0 Å². The molecule has 0 unspecified atom stereocenters. The van der Waals surface area contributed by atoms with Crippen LogP contribution in [-0.4, -0.2) is 22.8 Å². The molecule has 35 rings (SSSR count). The van der Waals surface area contributed by atoms with Gasteiger partial charge in [0.25, 0.3) is 0 Å². The normalized spacial score (nSPS) is 12.4. The summed E-state index contributed by atoms with van der Waals surface area (Å²) in [5.74, 6) is 0. The van der Waals surface area contributed by atoms with Crippen molar-refractivity contribution in [1.82, 2.24) is 22.8 Å². The molecule has 0 N–H and O–H groups in total. The van der Waals surface area contributed by atoms with Gasteiger partial charge >= 0.3 is 0 Å². The van der Waals surface area contributed by atoms with Gasteiger partial charge in [-0.25, -0.2) is 0 Å². The monoisotopic (exact) mass is 1930 g/mol. The fraction of sp³-hybridized carbons (Fsp3) is 0. The number of hydrogen-bond acceptors (Lipinski definition) is 4. The highest BCUT2D eigenvalue weighted by atomic mass is 32.1. The van der Waals surface area contributed by atoms with Crippen molar-refractivity contribution >= 4 is 332 Å². The first-order chi connectivity index (χ1) is 73.0. The van der Waals surface area contributed by atoms with Gasteiger partial charge in [0.05, 0.1) is 69.3 Å². The van der Waals surface area contributed by atoms with E-state index in [1.807, 2.05) is 45.3 Å². The predicted octanol–water partition coefficient (Wildman–Crippen LogP) is 40.4. The lowest BCUT2D eigenvalue weighted by Crippen LogP contribution is -1.98. The molecule has 0 aliphatic heterocycles. The number of para-hydroxylation sites is 7. The lowest BCUT2D eigenvalue weighted by Gasteiger charge is -2.15. The van der Waals surface area contributed by atoms with E-state index in [-0.39, 0.29) is 0 Å². The first kappa shape index (κ1) is 81.5. The number of nitrogens with zero attached hydrogens (tertiary/aromatic N) is 5. The van der Waals surface area contributed by atoms with E-state index >= 15 is 0 Å². The van der Waals surface area contributed by atoms with Gasteiger partial charge in [0, 0.05) is 181 Å². The van der Waals surface area contributed by atoms with Crippen molar-refractivity contribution in [1.29, 1.82) is 0 Å². The molecule has 9 heteroatoms. The highest BCUT2D eigenvalue weighted by molar-refractivity contribution is 7.28. The first-order valence-corrected chi connectivity index (χ1v) is 53.7. The minimum atomic E-state index is 1.15. The third kappa shape index (κ3) is 11.4. The Morgan fingerprint density at radius 1 is 0.109 bits per heavy atom. The van der Waals surface area contributed by atoms with E-state index in [1.54, 1.807) is 0 Å². The fourth-order valence-corrected chi connectivity index (χ4v) is 30.9. The molecule has 0 fully saturated rings. The molecule has 0 bridgehead atoms. The number of hydrogen-bond donors (Lipinski definition) is 0. The van der Waals surface area contributed by atoms with Crippen LogP contribution < -0.4 is 0 Å². The van der Waals surface area contributed by atoms with Gasteiger partial charge in [-0.05, 0) is 192 Å². The number of fused-ring (bicyclic) bond motifs is 54. The molecule has 26 aromatic carbocycles. The van der Waals surface area contributed by atoms with Gasteiger partial charge in [0.1, 0.15) is 0 Å². The maximum Gasteiger partial charge on any atom is 0.0726 e. The van der Waals surface area contributed by atoms with Gasteiger partial charge in [-0.3, -0.25) is 0 Å². The molecule has 680 valence electrons. The van der Waals surface area contributed by atoms with Gasteiger partial charge < -0.3 is 22.8 Å². The van der Waals surface area contributed by atoms with Crippen molar-refractivity contribution in [2.75, 3.05) is 0 Å². The molecule has 35 aromatic rings. The zero-order valence-corrected chi connectivity index (χ0v) is 82.2. The largest absolute Gasteiger partial charge is 0.309 e. The number of aromatic nitrogens is 5. The molecule has 0 saturated carbocycles. The van der Waals surface area contributed by atoms with E-state index in [4.69, 9.17) is 0 Å². The van der Waals surface area contributed by atoms with E-state index in [0.29, 0.717) is 0 Å². The van der Waals surface area contributed by atoms with E-state index in [9.17, 15) is 0 Å². The summed E-state index contributed by atoms with van der Waals surface area (Å²) < 4.78 is 23.1. The summed E-state index contributed by atoms with van der Waals surface area (Å²) >= 11 is 7.66. The lowest BCUT2D eigenvalue weighted by atomic mass is 9.89. The number of thiophene rings is 4. The Kier molecular flexibility index (Phi) is 17.3. The number of benzene rings is 26. The highest BCUT2D eigenvalue weighted by Crippen LogP contribution is 2.58. The molecule has 5 nitrogen and oxygen atoms in total. The Balaban J connectivity index is 0.0000000964. The van der Waals surface area contributed by atoms with Crippen LogP contribution in [0.25, 0.3) is 315 Å². The third-order valence-corrected chi connectivity index (χ3v) is 36.5. The Morgan fingerprint density at radius 3 is 0.633 bits per heavy atom. The van der Waals surface area contributed by atoms with Crippen LogP contribution in [0, 0.1) is 0 Å². The van der Waals surface area contributed by atoms with Crippen LogP contribution in [0.4, 0.5) is 0 Å². The van der Waals surface area contributed by atoms with Crippen LogP contribution in [0.2, 0.25) is 0 Å². The summed E-state index contributed by atoms with van der Waals surface area (Å²) in [4.78, 5) is 0. The first-order valence-electron chi connectivity index (χ1n) is 50.4. The molecule has 0 amide bonds. The van der Waals surface area contributed by atoms with E-state index in [1.165, 1.54) is 292 Å². The Hall–Kier alpha value is -18.1. The third-order valence-electron chi connectivity index (χ3n) is 31.8. The zero-order chi connectivity index (χ0) is 95.6. The van der Waals surface area contributed by atoms with Gasteiger partial charge in [-0.1, -0.05) is 352 Å². The Bertz CT molecular complexity index is 11900. The number of rotatable bonds is 5. The summed E-state index contributed by atoms with van der Waals surface area (Å²) in [6.45, 7) is 0. The van der Waals surface area contributed by atoms with E-state index in [2.05, 4.69) is 502 Å². The molecule has 0 atom stereocenters. The summed E-state index contributed by atoms with van der Waals surface area (Å²) in [5.41, 5.74) is 18.3. The molecular formula is C138H79N5S4. The average Bonchev–Trinajstić information content (AvgIpc) is 1.53. The second kappa shape index (κ2) is 31.2. The Morgan fingerprint density at radius 2 is 0.313 bits per heavy atom. The van der Waals surface area contributed by atoms with Gasteiger partial charge in [0.15, 0.2) is 0 Å².